The van der Waals surface area contributed by atoms with Crippen molar-refractivity contribution in [3.63, 3.8) is 0 Å². The van der Waals surface area contributed by atoms with Gasteiger partial charge in [-0.2, -0.15) is 0 Å². The zero-order valence-electron chi connectivity index (χ0n) is 17.0. The van der Waals surface area contributed by atoms with Gasteiger partial charge in [-0.15, -0.1) is 0 Å². The Morgan fingerprint density at radius 3 is 2.17 bits per heavy atom. The topological polar surface area (TPSA) is 112 Å². The first-order valence-electron chi connectivity index (χ1n) is 9.02. The van der Waals surface area contributed by atoms with Crippen LogP contribution >= 0.6 is 0 Å². The summed E-state index contributed by atoms with van der Waals surface area (Å²) in [5.74, 6) is 0.108. The fraction of sp³-hybridized carbons (Fsp3) is 0.286. The van der Waals surface area contributed by atoms with Crippen LogP contribution in [0.3, 0.4) is 0 Å². The minimum absolute atomic E-state index is 0.227. The maximum atomic E-state index is 12.0. The monoisotopic (exact) mass is 416 g/mol. The predicted octanol–water partition coefficient (Wildman–Crippen LogP) is 1.30. The molecule has 0 aliphatic heterocycles. The zero-order valence-corrected chi connectivity index (χ0v) is 17.0. The first-order valence-corrected chi connectivity index (χ1v) is 9.02. The third-order valence-corrected chi connectivity index (χ3v) is 4.05. The molecule has 2 aromatic carbocycles. The molecule has 0 fully saturated rings. The van der Waals surface area contributed by atoms with Crippen LogP contribution in [0.4, 0.5) is 0 Å². The van der Waals surface area contributed by atoms with Crippen molar-refractivity contribution in [2.45, 2.75) is 6.54 Å². The van der Waals surface area contributed by atoms with Gasteiger partial charge in [-0.3, -0.25) is 14.4 Å². The van der Waals surface area contributed by atoms with Gasteiger partial charge in [-0.1, -0.05) is 6.07 Å². The lowest BCUT2D eigenvalue weighted by Gasteiger charge is -2.11. The number of hydrogen-bond donors (Lipinski definition) is 2. The molecule has 0 bridgehead atoms. The van der Waals surface area contributed by atoms with Gasteiger partial charge in [0.1, 0.15) is 12.3 Å². The summed E-state index contributed by atoms with van der Waals surface area (Å²) in [5, 5.41) is 5.06. The maximum absolute atomic E-state index is 12.0. The van der Waals surface area contributed by atoms with E-state index < -0.39 is 24.4 Å². The summed E-state index contributed by atoms with van der Waals surface area (Å²) >= 11 is 0. The van der Waals surface area contributed by atoms with E-state index >= 15 is 0 Å². The van der Waals surface area contributed by atoms with Gasteiger partial charge in [0.15, 0.2) is 18.1 Å². The second-order valence-electron chi connectivity index (χ2n) is 6.04. The molecule has 0 aromatic heterocycles. The molecule has 0 radical (unpaired) electrons. The Morgan fingerprint density at radius 2 is 1.53 bits per heavy atom. The molecule has 9 nitrogen and oxygen atoms in total. The van der Waals surface area contributed by atoms with Crippen molar-refractivity contribution in [3.05, 3.63) is 53.6 Å². The Morgan fingerprint density at radius 1 is 0.833 bits per heavy atom. The number of benzene rings is 2. The standard InChI is InChI=1S/C21H24N2O7/c1-27-16-7-5-15(6-8-16)21(26)23-12-20(25)30-13-19(24)22-11-14-4-9-17(28-2)18(10-14)29-3/h4-10H,11-13H2,1-3H3,(H,22,24)(H,23,26). The molecule has 0 unspecified atom stereocenters. The lowest BCUT2D eigenvalue weighted by molar-refractivity contribution is -0.147. The van der Waals surface area contributed by atoms with Crippen LogP contribution in [0.1, 0.15) is 15.9 Å². The number of rotatable bonds is 10. The molecule has 0 heterocycles. The largest absolute Gasteiger partial charge is 0.497 e. The molecule has 0 atom stereocenters. The number of hydrogen-bond acceptors (Lipinski definition) is 7. The van der Waals surface area contributed by atoms with Crippen LogP contribution in [0.25, 0.3) is 0 Å². The summed E-state index contributed by atoms with van der Waals surface area (Å²) in [6.45, 7) is -0.580. The van der Waals surface area contributed by atoms with Gasteiger partial charge in [0, 0.05) is 12.1 Å². The Labute approximate surface area is 174 Å². The number of esters is 1. The molecule has 2 amide bonds. The maximum Gasteiger partial charge on any atom is 0.325 e. The van der Waals surface area contributed by atoms with E-state index in [1.54, 1.807) is 42.5 Å². The van der Waals surface area contributed by atoms with Crippen molar-refractivity contribution in [1.82, 2.24) is 10.6 Å². The van der Waals surface area contributed by atoms with E-state index in [1.807, 2.05) is 0 Å². The first-order chi connectivity index (χ1) is 14.5. The van der Waals surface area contributed by atoms with Gasteiger partial charge in [0.05, 0.1) is 21.3 Å². The van der Waals surface area contributed by atoms with E-state index in [4.69, 9.17) is 18.9 Å². The molecule has 160 valence electrons. The van der Waals surface area contributed by atoms with E-state index in [-0.39, 0.29) is 13.1 Å². The highest BCUT2D eigenvalue weighted by molar-refractivity contribution is 5.96. The SMILES string of the molecule is COc1ccc(C(=O)NCC(=O)OCC(=O)NCc2ccc(OC)c(OC)c2)cc1. The van der Waals surface area contributed by atoms with Crippen LogP contribution in [-0.4, -0.2) is 52.3 Å². The van der Waals surface area contributed by atoms with Crippen LogP contribution < -0.4 is 24.8 Å². The second kappa shape index (κ2) is 11.3. The van der Waals surface area contributed by atoms with Crippen LogP contribution in [0.5, 0.6) is 17.2 Å². The first kappa shape index (κ1) is 22.5. The summed E-state index contributed by atoms with van der Waals surface area (Å²) in [4.78, 5) is 35.6. The summed E-state index contributed by atoms with van der Waals surface area (Å²) < 4.78 is 20.2. The van der Waals surface area contributed by atoms with E-state index in [1.165, 1.54) is 21.3 Å². The summed E-state index contributed by atoms with van der Waals surface area (Å²) in [6.07, 6.45) is 0. The van der Waals surface area contributed by atoms with Gasteiger partial charge in [0.2, 0.25) is 0 Å². The van der Waals surface area contributed by atoms with E-state index in [0.29, 0.717) is 22.8 Å². The number of nitrogens with one attached hydrogen (secondary N) is 2. The lowest BCUT2D eigenvalue weighted by atomic mass is 10.2. The second-order valence-corrected chi connectivity index (χ2v) is 6.04. The van der Waals surface area contributed by atoms with Gasteiger partial charge in [0.25, 0.3) is 11.8 Å². The molecule has 2 N–H and O–H groups in total. The highest BCUT2D eigenvalue weighted by atomic mass is 16.5. The lowest BCUT2D eigenvalue weighted by Crippen LogP contribution is -2.33. The van der Waals surface area contributed by atoms with Crippen molar-refractivity contribution in [2.75, 3.05) is 34.5 Å². The summed E-state index contributed by atoms with van der Waals surface area (Å²) in [5.41, 5.74) is 1.16. The molecule has 0 aliphatic rings. The highest BCUT2D eigenvalue weighted by Gasteiger charge is 2.11. The summed E-state index contributed by atoms with van der Waals surface area (Å²) in [6, 6.07) is 11.7. The molecule has 9 heteroatoms. The number of carbonyl (C=O) groups is 3. The van der Waals surface area contributed by atoms with Crippen molar-refractivity contribution in [3.8, 4) is 17.2 Å². The highest BCUT2D eigenvalue weighted by Crippen LogP contribution is 2.27. The molecular weight excluding hydrogens is 392 g/mol. The van der Waals surface area contributed by atoms with Crippen LogP contribution in [0.15, 0.2) is 42.5 Å². The fourth-order valence-electron chi connectivity index (χ4n) is 2.44. The van der Waals surface area contributed by atoms with Crippen molar-refractivity contribution in [1.29, 1.82) is 0 Å². The number of ether oxygens (including phenoxy) is 4. The number of amides is 2. The number of carbonyl (C=O) groups excluding carboxylic acids is 3. The summed E-state index contributed by atoms with van der Waals surface area (Å²) in [7, 11) is 4.58. The zero-order chi connectivity index (χ0) is 21.9. The smallest absolute Gasteiger partial charge is 0.325 e. The minimum Gasteiger partial charge on any atom is -0.497 e. The van der Waals surface area contributed by atoms with Gasteiger partial charge >= 0.3 is 5.97 Å². The van der Waals surface area contributed by atoms with Crippen LogP contribution in [0, 0.1) is 0 Å². The van der Waals surface area contributed by atoms with Crippen molar-refractivity contribution < 1.29 is 33.3 Å². The van der Waals surface area contributed by atoms with Gasteiger partial charge < -0.3 is 29.6 Å². The Bertz CT molecular complexity index is 881. The minimum atomic E-state index is -0.724. The Hall–Kier alpha value is -3.75. The number of methoxy groups -OCH3 is 3. The van der Waals surface area contributed by atoms with Gasteiger partial charge in [-0.05, 0) is 42.0 Å². The molecule has 0 saturated heterocycles. The van der Waals surface area contributed by atoms with E-state index in [2.05, 4.69) is 10.6 Å². The predicted molar refractivity (Wildman–Crippen MR) is 108 cm³/mol. The molecular formula is C21H24N2O7. The third-order valence-electron chi connectivity index (χ3n) is 4.05. The average Bonchev–Trinajstić information content (AvgIpc) is 2.79. The molecule has 2 rings (SSSR count). The molecule has 2 aromatic rings. The van der Waals surface area contributed by atoms with E-state index in [9.17, 15) is 14.4 Å². The quantitative estimate of drug-likeness (QED) is 0.562. The Balaban J connectivity index is 1.71. The average molecular weight is 416 g/mol. The Kier molecular flexibility index (Phi) is 8.49. The fourth-order valence-corrected chi connectivity index (χ4v) is 2.44. The van der Waals surface area contributed by atoms with Crippen molar-refractivity contribution >= 4 is 17.8 Å². The van der Waals surface area contributed by atoms with Crippen molar-refractivity contribution in [2.24, 2.45) is 0 Å². The third kappa shape index (κ3) is 6.69. The normalized spacial score (nSPS) is 9.97. The molecule has 0 spiro atoms. The van der Waals surface area contributed by atoms with Crippen LogP contribution in [0.2, 0.25) is 0 Å². The molecule has 0 saturated carbocycles. The molecule has 0 aliphatic carbocycles. The van der Waals surface area contributed by atoms with Gasteiger partial charge in [-0.25, -0.2) is 0 Å². The van der Waals surface area contributed by atoms with Crippen LogP contribution in [-0.2, 0) is 20.9 Å². The van der Waals surface area contributed by atoms with E-state index in [0.717, 1.165) is 5.56 Å². The molecule has 30 heavy (non-hydrogen) atoms.